The third-order valence-electron chi connectivity index (χ3n) is 0.126. The second-order valence-electron chi connectivity index (χ2n) is 0.459. The minimum absolute atomic E-state index is 1.97. The Morgan fingerprint density at radius 1 is 1.75 bits per heavy atom. The van der Waals surface area contributed by atoms with E-state index in [9.17, 15) is 0 Å². The van der Waals surface area contributed by atoms with Crippen LogP contribution in [0.4, 0.5) is 0 Å². The molecule has 0 radical (unpaired) electrons. The first kappa shape index (κ1) is 4.92. The molecule has 0 amide bonds. The van der Waals surface area contributed by atoms with Gasteiger partial charge in [0.25, 0.3) is 0 Å². The van der Waals surface area contributed by atoms with Crippen molar-refractivity contribution < 1.29 is 0 Å². The molecule has 0 saturated carbocycles. The van der Waals surface area contributed by atoms with Crippen molar-refractivity contribution in [2.45, 2.75) is 0 Å². The summed E-state index contributed by atoms with van der Waals surface area (Å²) >= 11 is 2.17. The molecule has 4 heavy (non-hydrogen) atoms. The van der Waals surface area contributed by atoms with E-state index in [2.05, 4.69) is 22.4 Å². The maximum atomic E-state index is 2.17. The minimum atomic E-state index is 1.97. The van der Waals surface area contributed by atoms with Gasteiger partial charge in [-0.3, -0.25) is 0 Å². The SMILES string of the molecule is BB=BI. The maximum absolute atomic E-state index is 2.17. The number of hydrogen-bond donors (Lipinski definition) is 0. The van der Waals surface area contributed by atoms with E-state index in [1.54, 1.807) is 0 Å². The van der Waals surface area contributed by atoms with Gasteiger partial charge in [0.15, 0.2) is 0 Å². The summed E-state index contributed by atoms with van der Waals surface area (Å²) in [5, 5.41) is 0. The Morgan fingerprint density at radius 3 is 2.00 bits per heavy atom. The van der Waals surface area contributed by atoms with Crippen molar-refractivity contribution in [3.63, 3.8) is 0 Å². The van der Waals surface area contributed by atoms with Crippen molar-refractivity contribution in [3.05, 3.63) is 0 Å². The van der Waals surface area contributed by atoms with Gasteiger partial charge in [-0.05, 0) is 0 Å². The van der Waals surface area contributed by atoms with Crippen molar-refractivity contribution >= 4 is 41.5 Å². The molecule has 0 aliphatic carbocycles. The molecule has 0 aromatic heterocycles. The van der Waals surface area contributed by atoms with Crippen LogP contribution in [-0.2, 0) is 0 Å². The molecule has 0 N–H and O–H groups in total. The van der Waals surface area contributed by atoms with Gasteiger partial charge < -0.3 is 0 Å². The first-order chi connectivity index (χ1) is 1.91. The summed E-state index contributed by atoms with van der Waals surface area (Å²) in [4.78, 5) is 0. The van der Waals surface area contributed by atoms with Crippen LogP contribution in [0.3, 0.4) is 0 Å². The van der Waals surface area contributed by atoms with Gasteiger partial charge in [-0.25, -0.2) is 0 Å². The fourth-order valence-corrected chi connectivity index (χ4v) is 0. The van der Waals surface area contributed by atoms with Crippen molar-refractivity contribution in [1.82, 2.24) is 0 Å². The molecule has 0 aromatic rings. The molecule has 0 bridgehead atoms. The average molecular weight is 161 g/mol. The van der Waals surface area contributed by atoms with Gasteiger partial charge >= 0.3 is 41.5 Å². The standard InChI is InChI=1S/B3H2I/c1-2-3-4/h1H2. The number of halogens is 1. The molecule has 0 saturated heterocycles. The predicted octanol–water partition coefficient (Wildman–Crippen LogP) is -0.792. The molecule has 0 unspecified atom stereocenters. The van der Waals surface area contributed by atoms with Crippen LogP contribution < -0.4 is 0 Å². The van der Waals surface area contributed by atoms with Gasteiger partial charge in [0, 0.05) is 0 Å². The average Bonchev–Trinajstić information content (AvgIpc) is 1.37. The molecule has 4 heteroatoms. The van der Waals surface area contributed by atoms with E-state index in [0.29, 0.717) is 0 Å². The van der Waals surface area contributed by atoms with Crippen molar-refractivity contribution in [2.75, 3.05) is 0 Å². The summed E-state index contributed by atoms with van der Waals surface area (Å²) in [6, 6.07) is 0. The Kier molecular flexibility index (Phi) is 4.83. The topological polar surface area (TPSA) is 0 Å². The molecular formula is H2B3I. The second kappa shape index (κ2) is 3.92. The quantitative estimate of drug-likeness (QED) is 0.323. The van der Waals surface area contributed by atoms with Crippen molar-refractivity contribution in [3.8, 4) is 0 Å². The van der Waals surface area contributed by atoms with E-state index in [1.165, 1.54) is 0 Å². The zero-order valence-electron chi connectivity index (χ0n) is 2.53. The van der Waals surface area contributed by atoms with Crippen molar-refractivity contribution in [1.29, 1.82) is 0 Å². The van der Waals surface area contributed by atoms with Crippen molar-refractivity contribution in [2.24, 2.45) is 0 Å². The van der Waals surface area contributed by atoms with Gasteiger partial charge in [0.2, 0.25) is 0 Å². The first-order valence-corrected chi connectivity index (χ1v) is 2.37. The van der Waals surface area contributed by atoms with E-state index >= 15 is 0 Å². The molecular weight excluding hydrogens is 159 g/mol. The van der Waals surface area contributed by atoms with Crippen LogP contribution in [0.15, 0.2) is 0 Å². The van der Waals surface area contributed by atoms with E-state index < -0.39 is 0 Å². The second-order valence-corrected chi connectivity index (χ2v) is 1.18. The van der Waals surface area contributed by atoms with E-state index in [-0.39, 0.29) is 0 Å². The van der Waals surface area contributed by atoms with Gasteiger partial charge in [0.05, 0.1) is 0 Å². The van der Waals surface area contributed by atoms with Gasteiger partial charge in [-0.15, -0.1) is 0 Å². The van der Waals surface area contributed by atoms with Gasteiger partial charge in [-0.1, -0.05) is 0 Å². The van der Waals surface area contributed by atoms with Crippen LogP contribution in [0, 0.1) is 0 Å². The van der Waals surface area contributed by atoms with E-state index in [1.807, 2.05) is 19.1 Å². The first-order valence-electron chi connectivity index (χ1n) is 1.13. The molecule has 0 rings (SSSR count). The van der Waals surface area contributed by atoms with E-state index in [0.717, 1.165) is 0 Å². The molecule has 0 aliphatic rings. The van der Waals surface area contributed by atoms with Crippen LogP contribution >= 0.6 is 22.4 Å². The molecule has 0 nitrogen and oxygen atoms in total. The summed E-state index contributed by atoms with van der Waals surface area (Å²) in [6.07, 6.45) is 0. The van der Waals surface area contributed by atoms with Crippen LogP contribution in [0.2, 0.25) is 0 Å². The Balaban J connectivity index is 2.55. The van der Waals surface area contributed by atoms with Gasteiger partial charge in [0.1, 0.15) is 0 Å². The summed E-state index contributed by atoms with van der Waals surface area (Å²) in [5.74, 6) is 0. The third-order valence-corrected chi connectivity index (χ3v) is 0.845. The van der Waals surface area contributed by atoms with Crippen LogP contribution in [0.25, 0.3) is 0 Å². The molecule has 0 aliphatic heterocycles. The molecule has 0 spiro atoms. The molecule has 0 fully saturated rings. The number of hydrogen-bond acceptors (Lipinski definition) is 0. The Hall–Kier alpha value is 0.925. The fourth-order valence-electron chi connectivity index (χ4n) is 0. The molecule has 0 atom stereocenters. The summed E-state index contributed by atoms with van der Waals surface area (Å²) in [6.45, 7) is 1.99. The fraction of sp³-hybridized carbons (Fsp3) is 0. The summed E-state index contributed by atoms with van der Waals surface area (Å²) < 4.78 is 1.97. The Morgan fingerprint density at radius 2 is 2.00 bits per heavy atom. The monoisotopic (exact) mass is 162 g/mol. The third kappa shape index (κ3) is 2.92. The van der Waals surface area contributed by atoms with E-state index in [4.69, 9.17) is 0 Å². The predicted molar refractivity (Wildman–Crippen MR) is 34.1 cm³/mol. The van der Waals surface area contributed by atoms with Crippen LogP contribution in [0.5, 0.6) is 0 Å². The zero-order chi connectivity index (χ0) is 3.41. The zero-order valence-corrected chi connectivity index (χ0v) is 4.69. The van der Waals surface area contributed by atoms with Crippen LogP contribution in [0.1, 0.15) is 0 Å². The number of rotatable bonds is 0. The Bertz CT molecular complexity index is 18.5. The summed E-state index contributed by atoms with van der Waals surface area (Å²) in [7, 11) is 1.99. The summed E-state index contributed by atoms with van der Waals surface area (Å²) in [5.41, 5.74) is 0. The normalized spacial score (nSPS) is 5.25. The van der Waals surface area contributed by atoms with Gasteiger partial charge in [-0.2, -0.15) is 0 Å². The Labute approximate surface area is 41.7 Å². The molecule has 0 aromatic carbocycles. The molecule has 0 heterocycles. The van der Waals surface area contributed by atoms with Crippen LogP contribution in [-0.4, -0.2) is 19.1 Å². The molecule has 18 valence electrons.